The molecule has 4 rings (SSSR count). The minimum atomic E-state index is -0.422. The topological polar surface area (TPSA) is 77.2 Å². The van der Waals surface area contributed by atoms with Gasteiger partial charge in [0.05, 0.1) is 11.8 Å². The van der Waals surface area contributed by atoms with Crippen LogP contribution < -0.4 is 4.74 Å². The Bertz CT molecular complexity index is 1180. The minimum absolute atomic E-state index is 0.218. The Labute approximate surface area is 187 Å². The molecule has 0 amide bonds. The number of phenols is 1. The van der Waals surface area contributed by atoms with E-state index in [0.717, 1.165) is 35.3 Å². The molecule has 0 saturated heterocycles. The van der Waals surface area contributed by atoms with Crippen LogP contribution in [0, 0.1) is 5.92 Å². The van der Waals surface area contributed by atoms with E-state index in [9.17, 15) is 9.90 Å². The molecule has 0 unspecified atom stereocenters. The molecule has 1 aromatic heterocycles. The van der Waals surface area contributed by atoms with Gasteiger partial charge in [-0.2, -0.15) is 0 Å². The first-order valence-corrected chi connectivity index (χ1v) is 10.6. The smallest absolute Gasteiger partial charge is 0.343 e. The van der Waals surface area contributed by atoms with E-state index in [0.29, 0.717) is 17.2 Å². The van der Waals surface area contributed by atoms with Crippen LogP contribution in [0.2, 0.25) is 0 Å². The summed E-state index contributed by atoms with van der Waals surface area (Å²) in [6, 6.07) is 21.3. The van der Waals surface area contributed by atoms with Crippen molar-refractivity contribution in [3.63, 3.8) is 0 Å². The van der Waals surface area contributed by atoms with E-state index in [1.807, 2.05) is 47.3 Å². The standard InChI is InChI=1S/C26H25N3O3/c1-3-18(2)16-29-17-25(27-28-29)21-10-14-24(15-11-21)32-26(31)22-6-4-19(5-7-22)20-8-12-23(30)13-9-20/h4-15,17-18,30H,3,16H2,1-2H3/t18-/m0/s1. The molecule has 0 bridgehead atoms. The van der Waals surface area contributed by atoms with Gasteiger partial charge in [0.15, 0.2) is 0 Å². The first-order valence-electron chi connectivity index (χ1n) is 10.6. The van der Waals surface area contributed by atoms with Gasteiger partial charge in [-0.25, -0.2) is 4.79 Å². The molecule has 0 aliphatic heterocycles. The number of rotatable bonds is 7. The molecule has 1 atom stereocenters. The Balaban J connectivity index is 1.40. The molecule has 6 heteroatoms. The fourth-order valence-electron chi connectivity index (χ4n) is 3.28. The Morgan fingerprint density at radius 3 is 2.16 bits per heavy atom. The van der Waals surface area contributed by atoms with Gasteiger partial charge in [0.2, 0.25) is 0 Å². The van der Waals surface area contributed by atoms with Crippen LogP contribution in [0.3, 0.4) is 0 Å². The van der Waals surface area contributed by atoms with Gasteiger partial charge in [-0.15, -0.1) is 5.10 Å². The maximum Gasteiger partial charge on any atom is 0.343 e. The molecule has 0 radical (unpaired) electrons. The lowest BCUT2D eigenvalue weighted by atomic mass is 10.0. The Kier molecular flexibility index (Phi) is 6.31. The predicted octanol–water partition coefficient (Wildman–Crippen LogP) is 5.58. The van der Waals surface area contributed by atoms with Gasteiger partial charge in [-0.05, 0) is 65.6 Å². The fourth-order valence-corrected chi connectivity index (χ4v) is 3.28. The van der Waals surface area contributed by atoms with Gasteiger partial charge in [0.1, 0.15) is 17.2 Å². The highest BCUT2D eigenvalue weighted by Gasteiger charge is 2.11. The molecule has 0 aliphatic rings. The van der Waals surface area contributed by atoms with Crippen molar-refractivity contribution in [1.82, 2.24) is 15.0 Å². The first kappa shape index (κ1) is 21.3. The van der Waals surface area contributed by atoms with Gasteiger partial charge in [-0.1, -0.05) is 49.7 Å². The van der Waals surface area contributed by atoms with Crippen molar-refractivity contribution >= 4 is 5.97 Å². The largest absolute Gasteiger partial charge is 0.508 e. The molecule has 32 heavy (non-hydrogen) atoms. The van der Waals surface area contributed by atoms with Crippen LogP contribution in [-0.2, 0) is 6.54 Å². The SMILES string of the molecule is CC[C@H](C)Cn1cc(-c2ccc(OC(=O)c3ccc(-c4ccc(O)cc4)cc3)cc2)nn1. The van der Waals surface area contributed by atoms with Crippen molar-refractivity contribution in [3.8, 4) is 33.9 Å². The highest BCUT2D eigenvalue weighted by Crippen LogP contribution is 2.24. The number of carbonyl (C=O) groups is 1. The summed E-state index contributed by atoms with van der Waals surface area (Å²) in [4.78, 5) is 12.5. The Morgan fingerprint density at radius 2 is 1.53 bits per heavy atom. The van der Waals surface area contributed by atoms with Gasteiger partial charge in [0, 0.05) is 12.1 Å². The zero-order valence-electron chi connectivity index (χ0n) is 18.1. The van der Waals surface area contributed by atoms with Crippen LogP contribution in [0.5, 0.6) is 11.5 Å². The number of carbonyl (C=O) groups excluding carboxylic acids is 1. The predicted molar refractivity (Wildman–Crippen MR) is 123 cm³/mol. The summed E-state index contributed by atoms with van der Waals surface area (Å²) in [6.07, 6.45) is 3.03. The molecule has 6 nitrogen and oxygen atoms in total. The third-order valence-corrected chi connectivity index (χ3v) is 5.42. The highest BCUT2D eigenvalue weighted by atomic mass is 16.5. The third kappa shape index (κ3) is 5.03. The number of phenolic OH excluding ortho intramolecular Hbond substituents is 1. The Hall–Kier alpha value is -3.93. The van der Waals surface area contributed by atoms with E-state index >= 15 is 0 Å². The quantitative estimate of drug-likeness (QED) is 0.308. The second-order valence-corrected chi connectivity index (χ2v) is 7.88. The van der Waals surface area contributed by atoms with Crippen LogP contribution >= 0.6 is 0 Å². The van der Waals surface area contributed by atoms with Crippen molar-refractivity contribution in [2.45, 2.75) is 26.8 Å². The lowest BCUT2D eigenvalue weighted by Gasteiger charge is -2.07. The lowest BCUT2D eigenvalue weighted by Crippen LogP contribution is -2.08. The van der Waals surface area contributed by atoms with Crippen molar-refractivity contribution in [2.75, 3.05) is 0 Å². The number of aromatic nitrogens is 3. The van der Waals surface area contributed by atoms with E-state index in [1.165, 1.54) is 0 Å². The van der Waals surface area contributed by atoms with Crippen LogP contribution in [0.15, 0.2) is 79.0 Å². The van der Waals surface area contributed by atoms with Gasteiger partial charge in [-0.3, -0.25) is 4.68 Å². The van der Waals surface area contributed by atoms with Gasteiger partial charge >= 0.3 is 5.97 Å². The monoisotopic (exact) mass is 427 g/mol. The van der Waals surface area contributed by atoms with Gasteiger partial charge < -0.3 is 9.84 Å². The summed E-state index contributed by atoms with van der Waals surface area (Å²) < 4.78 is 7.37. The summed E-state index contributed by atoms with van der Waals surface area (Å²) in [5.74, 6) is 0.806. The van der Waals surface area contributed by atoms with Crippen molar-refractivity contribution in [1.29, 1.82) is 0 Å². The maximum absolute atomic E-state index is 12.5. The molecule has 0 spiro atoms. The fraction of sp³-hybridized carbons (Fsp3) is 0.192. The number of hydrogen-bond donors (Lipinski definition) is 1. The maximum atomic E-state index is 12.5. The molecule has 162 valence electrons. The summed E-state index contributed by atoms with van der Waals surface area (Å²) >= 11 is 0. The number of ether oxygens (including phenoxy) is 1. The van der Waals surface area contributed by atoms with Crippen LogP contribution in [-0.4, -0.2) is 26.1 Å². The third-order valence-electron chi connectivity index (χ3n) is 5.42. The van der Waals surface area contributed by atoms with Crippen molar-refractivity contribution in [2.24, 2.45) is 5.92 Å². The Morgan fingerprint density at radius 1 is 0.938 bits per heavy atom. The van der Waals surface area contributed by atoms with Crippen LogP contribution in [0.25, 0.3) is 22.4 Å². The van der Waals surface area contributed by atoms with Crippen LogP contribution in [0.1, 0.15) is 30.6 Å². The molecular formula is C26H25N3O3. The number of hydrogen-bond acceptors (Lipinski definition) is 5. The molecule has 4 aromatic rings. The molecule has 1 N–H and O–H groups in total. The number of benzene rings is 3. The van der Waals surface area contributed by atoms with Crippen molar-refractivity contribution in [3.05, 3.63) is 84.6 Å². The second-order valence-electron chi connectivity index (χ2n) is 7.88. The van der Waals surface area contributed by atoms with E-state index in [2.05, 4.69) is 24.2 Å². The normalized spacial score (nSPS) is 11.8. The summed E-state index contributed by atoms with van der Waals surface area (Å²) in [7, 11) is 0. The molecule has 0 saturated carbocycles. The molecule has 3 aromatic carbocycles. The summed E-state index contributed by atoms with van der Waals surface area (Å²) in [5.41, 5.74) is 4.07. The van der Waals surface area contributed by atoms with E-state index in [1.54, 1.807) is 36.4 Å². The number of aromatic hydroxyl groups is 1. The van der Waals surface area contributed by atoms with E-state index in [4.69, 9.17) is 4.74 Å². The van der Waals surface area contributed by atoms with E-state index < -0.39 is 5.97 Å². The number of nitrogens with zero attached hydrogens (tertiary/aromatic N) is 3. The molecular weight excluding hydrogens is 402 g/mol. The van der Waals surface area contributed by atoms with Crippen molar-refractivity contribution < 1.29 is 14.6 Å². The molecule has 1 heterocycles. The average molecular weight is 428 g/mol. The first-order chi connectivity index (χ1) is 15.5. The summed E-state index contributed by atoms with van der Waals surface area (Å²) in [5, 5.41) is 17.8. The van der Waals surface area contributed by atoms with Gasteiger partial charge in [0.25, 0.3) is 0 Å². The highest BCUT2D eigenvalue weighted by molar-refractivity contribution is 5.91. The molecule has 0 fully saturated rings. The van der Waals surface area contributed by atoms with E-state index in [-0.39, 0.29) is 5.75 Å². The summed E-state index contributed by atoms with van der Waals surface area (Å²) in [6.45, 7) is 5.18. The zero-order valence-corrected chi connectivity index (χ0v) is 18.1. The minimum Gasteiger partial charge on any atom is -0.508 e. The number of esters is 1. The lowest BCUT2D eigenvalue weighted by molar-refractivity contribution is 0.0735. The second kappa shape index (κ2) is 9.47. The zero-order chi connectivity index (χ0) is 22.5. The van der Waals surface area contributed by atoms with Crippen LogP contribution in [0.4, 0.5) is 0 Å². The average Bonchev–Trinajstić information content (AvgIpc) is 3.28. The molecule has 0 aliphatic carbocycles.